The van der Waals surface area contributed by atoms with Crippen LogP contribution in [-0.2, 0) is 11.2 Å². The summed E-state index contributed by atoms with van der Waals surface area (Å²) < 4.78 is 12.7. The van der Waals surface area contributed by atoms with Crippen molar-refractivity contribution in [2.45, 2.75) is 11.4 Å². The van der Waals surface area contributed by atoms with Gasteiger partial charge in [-0.2, -0.15) is 0 Å². The summed E-state index contributed by atoms with van der Waals surface area (Å²) in [5.41, 5.74) is 0.983. The summed E-state index contributed by atoms with van der Waals surface area (Å²) >= 11 is 7.26. The van der Waals surface area contributed by atoms with Crippen molar-refractivity contribution in [1.29, 1.82) is 0 Å². The molecule has 1 aromatic carbocycles. The Balaban J connectivity index is 1.70. The van der Waals surface area contributed by atoms with E-state index in [1.54, 1.807) is 30.5 Å². The molecule has 0 aliphatic rings. The average Bonchev–Trinajstić information content (AvgIpc) is 2.48. The third-order valence-electron chi connectivity index (χ3n) is 2.71. The van der Waals surface area contributed by atoms with Crippen LogP contribution >= 0.6 is 23.4 Å². The molecule has 0 unspecified atom stereocenters. The monoisotopic (exact) mass is 324 g/mol. The lowest BCUT2D eigenvalue weighted by Crippen LogP contribution is -2.27. The summed E-state index contributed by atoms with van der Waals surface area (Å²) in [6.45, 7) is 0.515. The normalized spacial score (nSPS) is 10.4. The SMILES string of the molecule is O=C(CSc1ncccc1Cl)NCCc1ccc(F)cc1. The Kier molecular flexibility index (Phi) is 6.02. The Bertz CT molecular complexity index is 607. The molecule has 1 aromatic heterocycles. The molecule has 0 aliphatic carbocycles. The van der Waals surface area contributed by atoms with Gasteiger partial charge in [-0.1, -0.05) is 35.5 Å². The van der Waals surface area contributed by atoms with Crippen molar-refractivity contribution in [2.24, 2.45) is 0 Å². The second-order valence-corrected chi connectivity index (χ2v) is 5.68. The van der Waals surface area contributed by atoms with E-state index in [0.717, 1.165) is 5.56 Å². The summed E-state index contributed by atoms with van der Waals surface area (Å²) in [6, 6.07) is 9.73. The molecular weight excluding hydrogens is 311 g/mol. The molecule has 1 N–H and O–H groups in total. The van der Waals surface area contributed by atoms with Gasteiger partial charge >= 0.3 is 0 Å². The van der Waals surface area contributed by atoms with Gasteiger partial charge < -0.3 is 5.32 Å². The van der Waals surface area contributed by atoms with Crippen LogP contribution in [0.5, 0.6) is 0 Å². The molecule has 0 spiro atoms. The lowest BCUT2D eigenvalue weighted by atomic mass is 10.1. The van der Waals surface area contributed by atoms with E-state index in [-0.39, 0.29) is 17.5 Å². The summed E-state index contributed by atoms with van der Waals surface area (Å²) in [6.07, 6.45) is 2.31. The molecule has 0 saturated carbocycles. The van der Waals surface area contributed by atoms with Crippen molar-refractivity contribution < 1.29 is 9.18 Å². The number of nitrogens with zero attached hydrogens (tertiary/aromatic N) is 1. The van der Waals surface area contributed by atoms with Crippen LogP contribution in [0.2, 0.25) is 5.02 Å². The molecule has 0 atom stereocenters. The highest BCUT2D eigenvalue weighted by Crippen LogP contribution is 2.23. The van der Waals surface area contributed by atoms with Crippen LogP contribution in [0.3, 0.4) is 0 Å². The van der Waals surface area contributed by atoms with Gasteiger partial charge in [0.1, 0.15) is 10.8 Å². The first-order valence-electron chi connectivity index (χ1n) is 6.39. The van der Waals surface area contributed by atoms with Gasteiger partial charge in [-0.25, -0.2) is 9.37 Å². The smallest absolute Gasteiger partial charge is 0.230 e. The van der Waals surface area contributed by atoms with Crippen molar-refractivity contribution in [1.82, 2.24) is 10.3 Å². The molecule has 1 amide bonds. The van der Waals surface area contributed by atoms with E-state index in [0.29, 0.717) is 23.0 Å². The number of rotatable bonds is 6. The average molecular weight is 325 g/mol. The molecule has 0 saturated heterocycles. The number of amides is 1. The molecule has 0 bridgehead atoms. The predicted octanol–water partition coefficient (Wildman–Crippen LogP) is 3.33. The van der Waals surface area contributed by atoms with E-state index in [1.165, 1.54) is 23.9 Å². The minimum Gasteiger partial charge on any atom is -0.355 e. The summed E-state index contributed by atoms with van der Waals surface area (Å²) in [7, 11) is 0. The highest BCUT2D eigenvalue weighted by atomic mass is 35.5. The van der Waals surface area contributed by atoms with Crippen molar-refractivity contribution in [3.8, 4) is 0 Å². The fourth-order valence-electron chi connectivity index (χ4n) is 1.66. The molecule has 2 rings (SSSR count). The predicted molar refractivity (Wildman–Crippen MR) is 83.1 cm³/mol. The van der Waals surface area contributed by atoms with Gasteiger partial charge in [0, 0.05) is 12.7 Å². The van der Waals surface area contributed by atoms with Gasteiger partial charge in [0.25, 0.3) is 0 Å². The number of halogens is 2. The van der Waals surface area contributed by atoms with Crippen molar-refractivity contribution in [2.75, 3.05) is 12.3 Å². The van der Waals surface area contributed by atoms with Crippen molar-refractivity contribution in [3.05, 3.63) is 59.0 Å². The van der Waals surface area contributed by atoms with Crippen molar-refractivity contribution >= 4 is 29.3 Å². The Morgan fingerprint density at radius 2 is 2.05 bits per heavy atom. The summed E-state index contributed by atoms with van der Waals surface area (Å²) in [5, 5.41) is 4.00. The zero-order valence-corrected chi connectivity index (χ0v) is 12.8. The third kappa shape index (κ3) is 5.36. The number of nitrogens with one attached hydrogen (secondary N) is 1. The zero-order valence-electron chi connectivity index (χ0n) is 11.2. The topological polar surface area (TPSA) is 42.0 Å². The van der Waals surface area contributed by atoms with E-state index in [1.807, 2.05) is 0 Å². The highest BCUT2D eigenvalue weighted by Gasteiger charge is 2.06. The number of thioether (sulfide) groups is 1. The van der Waals surface area contributed by atoms with Crippen molar-refractivity contribution in [3.63, 3.8) is 0 Å². The fraction of sp³-hybridized carbons (Fsp3) is 0.200. The van der Waals surface area contributed by atoms with Crippen LogP contribution in [0.4, 0.5) is 4.39 Å². The maximum Gasteiger partial charge on any atom is 0.230 e. The van der Waals surface area contributed by atoms with E-state index >= 15 is 0 Å². The largest absolute Gasteiger partial charge is 0.355 e. The van der Waals surface area contributed by atoms with Gasteiger partial charge in [0.15, 0.2) is 0 Å². The molecule has 0 fully saturated rings. The molecule has 3 nitrogen and oxygen atoms in total. The molecule has 21 heavy (non-hydrogen) atoms. The van der Waals surface area contributed by atoms with Gasteiger partial charge in [0.05, 0.1) is 10.8 Å². The number of pyridine rings is 1. The zero-order chi connectivity index (χ0) is 15.1. The van der Waals surface area contributed by atoms with Crippen LogP contribution in [0.1, 0.15) is 5.56 Å². The Morgan fingerprint density at radius 1 is 1.29 bits per heavy atom. The van der Waals surface area contributed by atoms with E-state index < -0.39 is 0 Å². The number of benzene rings is 1. The maximum absolute atomic E-state index is 12.7. The van der Waals surface area contributed by atoms with Gasteiger partial charge in [-0.15, -0.1) is 0 Å². The molecule has 0 aliphatic heterocycles. The molecule has 0 radical (unpaired) electrons. The standard InChI is InChI=1S/C15H14ClFN2OS/c16-13-2-1-8-19-15(13)21-10-14(20)18-9-7-11-3-5-12(17)6-4-11/h1-6,8H,7,9-10H2,(H,18,20). The maximum atomic E-state index is 12.7. The molecule has 6 heteroatoms. The number of carbonyl (C=O) groups excluding carboxylic acids is 1. The van der Waals surface area contributed by atoms with Crippen LogP contribution < -0.4 is 5.32 Å². The van der Waals surface area contributed by atoms with E-state index in [2.05, 4.69) is 10.3 Å². The summed E-state index contributed by atoms with van der Waals surface area (Å²) in [5.74, 6) is -0.0737. The van der Waals surface area contributed by atoms with E-state index in [4.69, 9.17) is 11.6 Å². The van der Waals surface area contributed by atoms with Gasteiger partial charge in [-0.05, 0) is 36.2 Å². The van der Waals surface area contributed by atoms with E-state index in [9.17, 15) is 9.18 Å². The van der Waals surface area contributed by atoms with Crippen LogP contribution in [0, 0.1) is 5.82 Å². The minimum absolute atomic E-state index is 0.0798. The number of hydrogen-bond acceptors (Lipinski definition) is 3. The van der Waals surface area contributed by atoms with Gasteiger partial charge in [0.2, 0.25) is 5.91 Å². The Hall–Kier alpha value is -1.59. The highest BCUT2D eigenvalue weighted by molar-refractivity contribution is 8.00. The second kappa shape index (κ2) is 8.00. The fourth-order valence-corrected chi connectivity index (χ4v) is 2.66. The first-order chi connectivity index (χ1) is 10.1. The minimum atomic E-state index is -0.258. The molecule has 110 valence electrons. The number of hydrogen-bond donors (Lipinski definition) is 1. The molecule has 2 aromatic rings. The number of carbonyl (C=O) groups is 1. The van der Waals surface area contributed by atoms with Crippen LogP contribution in [-0.4, -0.2) is 23.2 Å². The van der Waals surface area contributed by atoms with Crippen LogP contribution in [0.15, 0.2) is 47.6 Å². The lowest BCUT2D eigenvalue weighted by Gasteiger charge is -2.06. The first-order valence-corrected chi connectivity index (χ1v) is 7.76. The number of aromatic nitrogens is 1. The van der Waals surface area contributed by atoms with Crippen LogP contribution in [0.25, 0.3) is 0 Å². The Morgan fingerprint density at radius 3 is 2.76 bits per heavy atom. The third-order valence-corrected chi connectivity index (χ3v) is 4.14. The second-order valence-electron chi connectivity index (χ2n) is 4.31. The quantitative estimate of drug-likeness (QED) is 0.829. The summed E-state index contributed by atoms with van der Waals surface area (Å²) in [4.78, 5) is 15.8. The first kappa shape index (κ1) is 15.8. The Labute approximate surface area is 131 Å². The molecule has 1 heterocycles. The van der Waals surface area contributed by atoms with Gasteiger partial charge in [-0.3, -0.25) is 4.79 Å². The lowest BCUT2D eigenvalue weighted by molar-refractivity contribution is -0.118. The molecular formula is C15H14ClFN2OS.